The maximum atomic E-state index is 12.8. The minimum absolute atomic E-state index is 0.0185. The number of hydrogen-bond donors (Lipinski definition) is 1. The van der Waals surface area contributed by atoms with E-state index in [1.54, 1.807) is 45.3 Å². The predicted molar refractivity (Wildman–Crippen MR) is 139 cm³/mol. The van der Waals surface area contributed by atoms with Crippen LogP contribution in [-0.4, -0.2) is 64.4 Å². The van der Waals surface area contributed by atoms with Crippen LogP contribution in [0.4, 0.5) is 5.00 Å². The lowest BCUT2D eigenvalue weighted by Crippen LogP contribution is -2.21. The monoisotopic (exact) mass is 551 g/mol. The number of halogens is 1. The molecular formula is C23H26ClN5O5S2. The summed E-state index contributed by atoms with van der Waals surface area (Å²) in [5.41, 5.74) is 0.633. The number of nitrogens with one attached hydrogen (secondary N) is 1. The molecule has 0 aliphatic carbocycles. The molecule has 0 saturated carbocycles. The van der Waals surface area contributed by atoms with Gasteiger partial charge in [0.1, 0.15) is 17.4 Å². The van der Waals surface area contributed by atoms with Crippen molar-refractivity contribution in [2.24, 2.45) is 0 Å². The van der Waals surface area contributed by atoms with Crippen molar-refractivity contribution in [2.75, 3.05) is 32.3 Å². The van der Waals surface area contributed by atoms with Crippen LogP contribution in [0.1, 0.15) is 38.3 Å². The van der Waals surface area contributed by atoms with Crippen LogP contribution < -0.4 is 10.1 Å². The Balaban J connectivity index is 1.69. The van der Waals surface area contributed by atoms with Crippen LogP contribution in [0.3, 0.4) is 0 Å². The fourth-order valence-electron chi connectivity index (χ4n) is 3.18. The summed E-state index contributed by atoms with van der Waals surface area (Å²) in [5.74, 6) is 0.0369. The molecule has 0 atom stereocenters. The van der Waals surface area contributed by atoms with Gasteiger partial charge in [0.2, 0.25) is 5.91 Å². The van der Waals surface area contributed by atoms with Crippen LogP contribution >= 0.6 is 34.7 Å². The van der Waals surface area contributed by atoms with E-state index in [4.69, 9.17) is 21.1 Å². The number of rotatable bonds is 10. The third-order valence-electron chi connectivity index (χ3n) is 5.01. The van der Waals surface area contributed by atoms with Gasteiger partial charge >= 0.3 is 5.97 Å². The van der Waals surface area contributed by atoms with Crippen molar-refractivity contribution in [1.29, 1.82) is 0 Å². The van der Waals surface area contributed by atoms with Gasteiger partial charge in [-0.1, -0.05) is 23.4 Å². The smallest absolute Gasteiger partial charge is 0.341 e. The summed E-state index contributed by atoms with van der Waals surface area (Å²) in [6.07, 6.45) is 0. The Morgan fingerprint density at radius 2 is 1.89 bits per heavy atom. The Morgan fingerprint density at radius 3 is 2.50 bits per heavy atom. The van der Waals surface area contributed by atoms with E-state index in [-0.39, 0.29) is 34.7 Å². The molecule has 0 aliphatic rings. The summed E-state index contributed by atoms with van der Waals surface area (Å²) in [7, 11) is 4.49. The molecule has 0 saturated heterocycles. The first kappa shape index (κ1) is 27.5. The summed E-state index contributed by atoms with van der Waals surface area (Å²) in [5, 5.41) is 12.6. The first-order valence-electron chi connectivity index (χ1n) is 10.8. The molecule has 1 aromatic carbocycles. The van der Waals surface area contributed by atoms with Gasteiger partial charge in [-0.15, -0.1) is 21.5 Å². The van der Waals surface area contributed by atoms with Crippen molar-refractivity contribution in [3.8, 4) is 5.75 Å². The molecule has 13 heteroatoms. The molecule has 36 heavy (non-hydrogen) atoms. The van der Waals surface area contributed by atoms with E-state index in [0.717, 1.165) is 11.3 Å². The number of nitrogens with zero attached hydrogens (tertiary/aromatic N) is 4. The first-order valence-corrected chi connectivity index (χ1v) is 13.0. The van der Waals surface area contributed by atoms with Crippen molar-refractivity contribution >= 4 is 57.5 Å². The zero-order valence-electron chi connectivity index (χ0n) is 20.5. The van der Waals surface area contributed by atoms with Crippen LogP contribution in [-0.2, 0) is 22.7 Å². The maximum absolute atomic E-state index is 12.8. The number of thioether (sulfide) groups is 1. The summed E-state index contributed by atoms with van der Waals surface area (Å²) in [6, 6.07) is 7.01. The Morgan fingerprint density at radius 1 is 1.19 bits per heavy atom. The molecule has 0 spiro atoms. The highest BCUT2D eigenvalue weighted by molar-refractivity contribution is 7.99. The van der Waals surface area contributed by atoms with Gasteiger partial charge in [0.05, 0.1) is 23.3 Å². The largest absolute Gasteiger partial charge is 0.486 e. The van der Waals surface area contributed by atoms with E-state index in [0.29, 0.717) is 38.7 Å². The highest BCUT2D eigenvalue weighted by atomic mass is 35.5. The number of hydrogen-bond acceptors (Lipinski definition) is 9. The standard InChI is InChI=1S/C23H26ClN5O5S2/c1-6-29-16(11-34-15-9-7-14(24)8-10-15)26-27-23(29)35-12-17(30)25-20-18(22(32)33-5)13(2)19(36-20)21(31)28(3)4/h7-10H,6,11-12H2,1-5H3,(H,25,30). The third-order valence-corrected chi connectivity index (χ3v) is 7.43. The number of ether oxygens (including phenoxy) is 2. The highest BCUT2D eigenvalue weighted by Crippen LogP contribution is 2.34. The van der Waals surface area contributed by atoms with Gasteiger partial charge in [0.25, 0.3) is 5.91 Å². The van der Waals surface area contributed by atoms with Gasteiger partial charge < -0.3 is 24.3 Å². The number of benzene rings is 1. The fraction of sp³-hybridized carbons (Fsp3) is 0.348. The van der Waals surface area contributed by atoms with Crippen molar-refractivity contribution in [3.63, 3.8) is 0 Å². The van der Waals surface area contributed by atoms with Gasteiger partial charge in [0.15, 0.2) is 11.0 Å². The summed E-state index contributed by atoms with van der Waals surface area (Å²) < 4.78 is 12.5. The maximum Gasteiger partial charge on any atom is 0.341 e. The lowest BCUT2D eigenvalue weighted by atomic mass is 10.1. The van der Waals surface area contributed by atoms with Gasteiger partial charge in [0, 0.05) is 25.7 Å². The molecule has 192 valence electrons. The minimum Gasteiger partial charge on any atom is -0.486 e. The molecule has 1 N–H and O–H groups in total. The van der Waals surface area contributed by atoms with E-state index >= 15 is 0 Å². The second kappa shape index (κ2) is 12.2. The lowest BCUT2D eigenvalue weighted by molar-refractivity contribution is -0.113. The van der Waals surface area contributed by atoms with Crippen molar-refractivity contribution < 1.29 is 23.9 Å². The van der Waals surface area contributed by atoms with Crippen LogP contribution in [0.25, 0.3) is 0 Å². The summed E-state index contributed by atoms with van der Waals surface area (Å²) >= 11 is 8.15. The molecule has 0 aliphatic heterocycles. The van der Waals surface area contributed by atoms with Crippen LogP contribution in [0.2, 0.25) is 5.02 Å². The minimum atomic E-state index is -0.624. The molecule has 10 nitrogen and oxygen atoms in total. The fourth-order valence-corrected chi connectivity index (χ4v) is 5.36. The first-order chi connectivity index (χ1) is 17.2. The molecule has 2 heterocycles. The van der Waals surface area contributed by atoms with Gasteiger partial charge in [-0.2, -0.15) is 0 Å². The van der Waals surface area contributed by atoms with E-state index in [1.165, 1.54) is 23.8 Å². The molecular weight excluding hydrogens is 526 g/mol. The Hall–Kier alpha value is -3.09. The normalized spacial score (nSPS) is 10.7. The summed E-state index contributed by atoms with van der Waals surface area (Å²) in [6.45, 7) is 4.39. The molecule has 2 aromatic heterocycles. The van der Waals surface area contributed by atoms with E-state index in [9.17, 15) is 14.4 Å². The van der Waals surface area contributed by atoms with E-state index < -0.39 is 5.97 Å². The number of carbonyl (C=O) groups excluding carboxylic acids is 3. The average molecular weight is 552 g/mol. The van der Waals surface area contributed by atoms with Crippen molar-refractivity contribution in [3.05, 3.63) is 51.1 Å². The predicted octanol–water partition coefficient (Wildman–Crippen LogP) is 4.12. The van der Waals surface area contributed by atoms with Gasteiger partial charge in [-0.3, -0.25) is 9.59 Å². The zero-order chi connectivity index (χ0) is 26.4. The quantitative estimate of drug-likeness (QED) is 0.295. The van der Waals surface area contributed by atoms with E-state index in [2.05, 4.69) is 15.5 Å². The van der Waals surface area contributed by atoms with Crippen molar-refractivity contribution in [1.82, 2.24) is 19.7 Å². The molecule has 0 bridgehead atoms. The molecule has 3 rings (SSSR count). The van der Waals surface area contributed by atoms with E-state index in [1.807, 2.05) is 11.5 Å². The van der Waals surface area contributed by atoms with Crippen molar-refractivity contribution in [2.45, 2.75) is 32.2 Å². The lowest BCUT2D eigenvalue weighted by Gasteiger charge is -2.09. The Kier molecular flexibility index (Phi) is 9.35. The number of thiophene rings is 1. The molecule has 0 radical (unpaired) electrons. The number of methoxy groups -OCH3 is 1. The number of carbonyl (C=O) groups is 3. The summed E-state index contributed by atoms with van der Waals surface area (Å²) in [4.78, 5) is 39.4. The number of anilines is 1. The second-order valence-corrected chi connectivity index (χ2v) is 10.1. The Bertz CT molecular complexity index is 1260. The topological polar surface area (TPSA) is 116 Å². The number of aromatic nitrogens is 3. The number of amides is 2. The third kappa shape index (κ3) is 6.37. The SMILES string of the molecule is CCn1c(COc2ccc(Cl)cc2)nnc1SCC(=O)Nc1sc(C(=O)N(C)C)c(C)c1C(=O)OC. The highest BCUT2D eigenvalue weighted by Gasteiger charge is 2.27. The van der Waals surface area contributed by atoms with Crippen LogP contribution in [0.15, 0.2) is 29.4 Å². The zero-order valence-corrected chi connectivity index (χ0v) is 22.8. The Labute approximate surface area is 221 Å². The van der Waals surface area contributed by atoms with Gasteiger partial charge in [-0.25, -0.2) is 4.79 Å². The average Bonchev–Trinajstić information content (AvgIpc) is 3.40. The second-order valence-electron chi connectivity index (χ2n) is 7.67. The molecule has 2 amide bonds. The molecule has 0 fully saturated rings. The number of esters is 1. The van der Waals surface area contributed by atoms with Crippen LogP contribution in [0, 0.1) is 6.92 Å². The van der Waals surface area contributed by atoms with Crippen LogP contribution in [0.5, 0.6) is 5.75 Å². The van der Waals surface area contributed by atoms with Gasteiger partial charge in [-0.05, 0) is 43.7 Å². The molecule has 0 unspecified atom stereocenters. The molecule has 3 aromatic rings.